The second-order valence-corrected chi connectivity index (χ2v) is 11.7. The number of carbonyl (C=O) groups excluding carboxylic acids is 1. The van der Waals surface area contributed by atoms with Gasteiger partial charge in [-0.05, 0) is 104 Å². The van der Waals surface area contributed by atoms with Gasteiger partial charge in [-0.2, -0.15) is 0 Å². The number of hydrogen-bond donors (Lipinski definition) is 2. The lowest BCUT2D eigenvalue weighted by Crippen LogP contribution is -2.66. The number of hydrogen-bond acceptors (Lipinski definition) is 4. The van der Waals surface area contributed by atoms with Crippen molar-refractivity contribution in [3.05, 3.63) is 65.2 Å². The van der Waals surface area contributed by atoms with Crippen molar-refractivity contribution in [1.82, 2.24) is 9.80 Å². The summed E-state index contributed by atoms with van der Waals surface area (Å²) in [5, 5.41) is 10.6. The number of aromatic hydroxyl groups is 1. The van der Waals surface area contributed by atoms with Gasteiger partial charge in [0.05, 0.1) is 0 Å². The molecule has 6 atom stereocenters. The highest BCUT2D eigenvalue weighted by Gasteiger charge is 2.72. The van der Waals surface area contributed by atoms with Crippen LogP contribution in [0, 0.1) is 17.3 Å². The van der Waals surface area contributed by atoms with E-state index in [2.05, 4.69) is 35.8 Å². The van der Waals surface area contributed by atoms with Gasteiger partial charge in [0.25, 0.3) is 5.91 Å². The predicted molar refractivity (Wildman–Crippen MR) is 138 cm³/mol. The number of amides is 1. The zero-order chi connectivity index (χ0) is 24.4. The Morgan fingerprint density at radius 3 is 2.74 bits per heavy atom. The monoisotopic (exact) mass is 473 g/mol. The van der Waals surface area contributed by atoms with Crippen LogP contribution >= 0.6 is 0 Å². The van der Waals surface area contributed by atoms with Crippen molar-refractivity contribution in [3.8, 4) is 5.75 Å². The van der Waals surface area contributed by atoms with Gasteiger partial charge in [-0.1, -0.05) is 38.1 Å². The average Bonchev–Trinajstić information content (AvgIpc) is 3.35. The maximum atomic E-state index is 13.7. The first-order valence-corrected chi connectivity index (χ1v) is 13.6. The predicted octanol–water partition coefficient (Wildman–Crippen LogP) is 4.19. The molecule has 1 amide bonds. The normalized spacial score (nSPS) is 35.5. The molecule has 186 valence electrons. The van der Waals surface area contributed by atoms with E-state index in [-0.39, 0.29) is 22.8 Å². The first-order valence-electron chi connectivity index (χ1n) is 13.6. The van der Waals surface area contributed by atoms with Crippen LogP contribution in [0.3, 0.4) is 0 Å². The number of nitrogens with zero attached hydrogens (tertiary/aromatic N) is 2. The minimum Gasteiger partial charge on any atom is -0.508 e. The number of piperidine rings is 1. The molecule has 4 aliphatic rings. The van der Waals surface area contributed by atoms with Crippen LogP contribution in [0.15, 0.2) is 48.5 Å². The van der Waals surface area contributed by atoms with Gasteiger partial charge in [0.1, 0.15) is 5.75 Å². The Bertz CT molecular complexity index is 1120. The Morgan fingerprint density at radius 2 is 2.00 bits per heavy atom. The summed E-state index contributed by atoms with van der Waals surface area (Å²) in [7, 11) is 0. The zero-order valence-electron chi connectivity index (χ0n) is 21.1. The number of phenolic OH excluding ortho intramolecular Hbond substituents is 1. The van der Waals surface area contributed by atoms with Gasteiger partial charge in [0.15, 0.2) is 0 Å². The summed E-state index contributed by atoms with van der Waals surface area (Å²) in [6, 6.07) is 16.6. The molecule has 0 radical (unpaired) electrons. The summed E-state index contributed by atoms with van der Waals surface area (Å²) in [6.45, 7) is 8.50. The van der Waals surface area contributed by atoms with Gasteiger partial charge in [-0.3, -0.25) is 9.69 Å². The summed E-state index contributed by atoms with van der Waals surface area (Å²) >= 11 is 0. The first kappa shape index (κ1) is 23.1. The standard InChI is InChI=1S/C30H39N3O2/c1-3-25-27-22(19-33(25)28(35)20-8-5-4-6-9-20)18-29(2)26-16-21-10-11-23(34)17-24(21)30(27,29)12-15-32(26)14-7-13-31/h4-6,8-11,17,22,25-27,34H,3,7,12-16,18-19,31H2,1-2H3/t22-,25?,26?,27?,29?,30?/m1/s1. The summed E-state index contributed by atoms with van der Waals surface area (Å²) in [5.74, 6) is 1.46. The van der Waals surface area contributed by atoms with Crippen LogP contribution in [-0.2, 0) is 11.8 Å². The van der Waals surface area contributed by atoms with Crippen LogP contribution in [-0.4, -0.2) is 59.1 Å². The molecule has 1 saturated carbocycles. The highest BCUT2D eigenvalue weighted by Crippen LogP contribution is 2.71. The minimum atomic E-state index is -0.0136. The number of rotatable bonds is 5. The smallest absolute Gasteiger partial charge is 0.254 e. The molecule has 2 aliphatic heterocycles. The molecular weight excluding hydrogens is 434 g/mol. The van der Waals surface area contributed by atoms with E-state index in [9.17, 15) is 9.90 Å². The lowest BCUT2D eigenvalue weighted by Gasteiger charge is -2.63. The molecule has 5 heteroatoms. The molecule has 3 N–H and O–H groups in total. The Balaban J connectivity index is 1.46. The number of phenols is 1. The van der Waals surface area contributed by atoms with Crippen molar-refractivity contribution in [2.75, 3.05) is 26.2 Å². The number of carbonyl (C=O) groups is 1. The van der Waals surface area contributed by atoms with Crippen molar-refractivity contribution in [1.29, 1.82) is 0 Å². The van der Waals surface area contributed by atoms with Gasteiger partial charge in [0.2, 0.25) is 0 Å². The highest BCUT2D eigenvalue weighted by molar-refractivity contribution is 5.94. The van der Waals surface area contributed by atoms with Gasteiger partial charge < -0.3 is 15.7 Å². The van der Waals surface area contributed by atoms with Crippen LogP contribution in [0.5, 0.6) is 5.75 Å². The quantitative estimate of drug-likeness (QED) is 0.683. The summed E-state index contributed by atoms with van der Waals surface area (Å²) in [4.78, 5) is 18.6. The van der Waals surface area contributed by atoms with E-state index in [1.165, 1.54) is 11.1 Å². The van der Waals surface area contributed by atoms with E-state index >= 15 is 0 Å². The van der Waals surface area contributed by atoms with E-state index in [0.29, 0.717) is 23.6 Å². The molecule has 5 unspecified atom stereocenters. The fraction of sp³-hybridized carbons (Fsp3) is 0.567. The van der Waals surface area contributed by atoms with Crippen molar-refractivity contribution in [2.24, 2.45) is 23.0 Å². The van der Waals surface area contributed by atoms with E-state index in [1.54, 1.807) is 0 Å². The van der Waals surface area contributed by atoms with Crippen LogP contribution < -0.4 is 5.73 Å². The molecule has 35 heavy (non-hydrogen) atoms. The second-order valence-electron chi connectivity index (χ2n) is 11.7. The maximum Gasteiger partial charge on any atom is 0.254 e. The fourth-order valence-corrected chi connectivity index (χ4v) is 9.16. The lowest BCUT2D eigenvalue weighted by atomic mass is 9.48. The molecular formula is C30H39N3O2. The molecule has 2 aliphatic carbocycles. The van der Waals surface area contributed by atoms with E-state index < -0.39 is 0 Å². The molecule has 2 heterocycles. The van der Waals surface area contributed by atoms with Crippen molar-refractivity contribution >= 4 is 5.91 Å². The van der Waals surface area contributed by atoms with Crippen LogP contribution in [0.25, 0.3) is 0 Å². The zero-order valence-corrected chi connectivity index (χ0v) is 21.1. The maximum absolute atomic E-state index is 13.7. The Hall–Kier alpha value is -2.37. The Kier molecular flexibility index (Phi) is 5.50. The SMILES string of the molecule is CCC1C2[C@@H](CN1C(=O)c1ccccc1)CC1(C)C3Cc4ccc(O)cc4C21CCN3CCCN. The Morgan fingerprint density at radius 1 is 1.20 bits per heavy atom. The first-order chi connectivity index (χ1) is 16.9. The molecule has 2 saturated heterocycles. The lowest BCUT2D eigenvalue weighted by molar-refractivity contribution is -0.0615. The molecule has 2 aromatic carbocycles. The van der Waals surface area contributed by atoms with Crippen molar-refractivity contribution < 1.29 is 9.90 Å². The van der Waals surface area contributed by atoms with Gasteiger partial charge >= 0.3 is 0 Å². The van der Waals surface area contributed by atoms with Crippen LogP contribution in [0.1, 0.15) is 61.0 Å². The summed E-state index contributed by atoms with van der Waals surface area (Å²) < 4.78 is 0. The third kappa shape index (κ3) is 3.10. The van der Waals surface area contributed by atoms with Gasteiger partial charge in [-0.15, -0.1) is 0 Å². The van der Waals surface area contributed by atoms with Gasteiger partial charge in [-0.25, -0.2) is 0 Å². The minimum absolute atomic E-state index is 0.0136. The Labute approximate surface area is 209 Å². The van der Waals surface area contributed by atoms with Crippen molar-refractivity contribution in [2.45, 2.75) is 63.5 Å². The molecule has 5 nitrogen and oxygen atoms in total. The fourth-order valence-electron chi connectivity index (χ4n) is 9.16. The number of fused-ring (bicyclic) bond motifs is 2. The number of benzene rings is 2. The van der Waals surface area contributed by atoms with Crippen LogP contribution in [0.2, 0.25) is 0 Å². The summed E-state index contributed by atoms with van der Waals surface area (Å²) in [6.07, 6.45) is 5.28. The third-order valence-corrected chi connectivity index (χ3v) is 10.3. The van der Waals surface area contributed by atoms with Crippen molar-refractivity contribution in [3.63, 3.8) is 0 Å². The number of nitrogens with two attached hydrogens (primary N) is 1. The molecule has 0 aromatic heterocycles. The largest absolute Gasteiger partial charge is 0.508 e. The summed E-state index contributed by atoms with van der Waals surface area (Å²) in [5.41, 5.74) is 9.59. The number of likely N-dealkylation sites (tertiary alicyclic amines) is 2. The molecule has 2 aromatic rings. The average molecular weight is 474 g/mol. The van der Waals surface area contributed by atoms with Gasteiger partial charge in [0, 0.05) is 29.6 Å². The molecule has 2 bridgehead atoms. The second kappa shape index (κ2) is 8.35. The van der Waals surface area contributed by atoms with E-state index in [4.69, 9.17) is 5.73 Å². The third-order valence-electron chi connectivity index (χ3n) is 10.3. The highest BCUT2D eigenvalue weighted by atomic mass is 16.3. The molecule has 6 rings (SSSR count). The van der Waals surface area contributed by atoms with E-state index in [0.717, 1.165) is 63.8 Å². The molecule has 3 fully saturated rings. The van der Waals surface area contributed by atoms with E-state index in [1.807, 2.05) is 36.4 Å². The topological polar surface area (TPSA) is 69.8 Å². The van der Waals surface area contributed by atoms with Crippen LogP contribution in [0.4, 0.5) is 0 Å². The molecule has 0 spiro atoms.